The lowest BCUT2D eigenvalue weighted by atomic mass is 9.87. The van der Waals surface area contributed by atoms with Gasteiger partial charge in [0.15, 0.2) is 0 Å². The van der Waals surface area contributed by atoms with Crippen LogP contribution in [0.15, 0.2) is 41.8 Å². The zero-order chi connectivity index (χ0) is 22.9. The number of thiophene rings is 1. The Bertz CT molecular complexity index is 1100. The summed E-state index contributed by atoms with van der Waals surface area (Å²) >= 11 is 1.65. The van der Waals surface area contributed by atoms with Gasteiger partial charge in [0, 0.05) is 19.6 Å². The fourth-order valence-corrected chi connectivity index (χ4v) is 5.22. The molecule has 1 aliphatic rings. The molecule has 2 aromatic heterocycles. The van der Waals surface area contributed by atoms with Crippen LogP contribution in [0.3, 0.4) is 0 Å². The van der Waals surface area contributed by atoms with E-state index in [-0.39, 0.29) is 23.2 Å². The lowest BCUT2D eigenvalue weighted by Gasteiger charge is -2.31. The number of carbonyl (C=O) groups excluding carboxylic acids is 2. The van der Waals surface area contributed by atoms with Crippen molar-refractivity contribution in [1.29, 1.82) is 0 Å². The number of ether oxygens (including phenoxy) is 1. The van der Waals surface area contributed by atoms with E-state index in [4.69, 9.17) is 4.74 Å². The van der Waals surface area contributed by atoms with Crippen molar-refractivity contribution in [2.75, 3.05) is 19.7 Å². The first-order valence-electron chi connectivity index (χ1n) is 11.4. The van der Waals surface area contributed by atoms with Crippen LogP contribution in [0.1, 0.15) is 62.2 Å². The Balaban J connectivity index is 1.60. The molecule has 170 valence electrons. The molecule has 0 radical (unpaired) electrons. The van der Waals surface area contributed by atoms with Crippen LogP contribution in [0.2, 0.25) is 0 Å². The minimum Gasteiger partial charge on any atom is -0.466 e. The molecule has 0 unspecified atom stereocenters. The predicted octanol–water partition coefficient (Wildman–Crippen LogP) is 5.46. The fourth-order valence-electron chi connectivity index (χ4n) is 4.39. The van der Waals surface area contributed by atoms with E-state index in [2.05, 4.69) is 61.1 Å². The largest absolute Gasteiger partial charge is 0.466 e. The van der Waals surface area contributed by atoms with Gasteiger partial charge in [0.1, 0.15) is 5.69 Å². The summed E-state index contributed by atoms with van der Waals surface area (Å²) in [6.07, 6.45) is 1.59. The Kier molecular flexibility index (Phi) is 6.42. The van der Waals surface area contributed by atoms with Crippen molar-refractivity contribution >= 4 is 33.4 Å². The van der Waals surface area contributed by atoms with E-state index >= 15 is 0 Å². The van der Waals surface area contributed by atoms with Crippen LogP contribution in [0.25, 0.3) is 10.2 Å². The van der Waals surface area contributed by atoms with Gasteiger partial charge >= 0.3 is 5.97 Å². The van der Waals surface area contributed by atoms with Gasteiger partial charge in [0.25, 0.3) is 5.91 Å². The minimum absolute atomic E-state index is 0.00582. The van der Waals surface area contributed by atoms with E-state index in [1.807, 2.05) is 17.9 Å². The molecule has 0 bridgehead atoms. The van der Waals surface area contributed by atoms with E-state index in [1.54, 1.807) is 11.3 Å². The Morgan fingerprint density at radius 3 is 2.59 bits per heavy atom. The van der Waals surface area contributed by atoms with E-state index < -0.39 is 0 Å². The zero-order valence-corrected chi connectivity index (χ0v) is 20.2. The number of benzene rings is 1. The molecule has 4 rings (SSSR count). The number of hydrogen-bond donors (Lipinski definition) is 0. The monoisotopic (exact) mass is 452 g/mol. The molecule has 5 nitrogen and oxygen atoms in total. The average molecular weight is 453 g/mol. The normalized spacial score (nSPS) is 17.0. The third-order valence-electron chi connectivity index (χ3n) is 6.23. The number of aromatic nitrogens is 1. The van der Waals surface area contributed by atoms with Crippen LogP contribution in [0, 0.1) is 5.92 Å². The number of likely N-dealkylation sites (tertiary alicyclic amines) is 1. The predicted molar refractivity (Wildman–Crippen MR) is 129 cm³/mol. The second kappa shape index (κ2) is 9.10. The molecule has 1 aromatic carbocycles. The molecule has 1 amide bonds. The number of amides is 1. The third kappa shape index (κ3) is 4.60. The first kappa shape index (κ1) is 22.6. The van der Waals surface area contributed by atoms with Crippen molar-refractivity contribution < 1.29 is 14.3 Å². The SMILES string of the molecule is CCOC(=O)[C@@H]1CCCN(C(=O)c2cc3sccc3n2Cc2ccc(C(C)(C)C)cc2)C1. The summed E-state index contributed by atoms with van der Waals surface area (Å²) < 4.78 is 8.44. The summed E-state index contributed by atoms with van der Waals surface area (Å²) in [4.78, 5) is 27.6. The van der Waals surface area contributed by atoms with E-state index in [0.29, 0.717) is 31.9 Å². The van der Waals surface area contributed by atoms with Crippen LogP contribution >= 0.6 is 11.3 Å². The summed E-state index contributed by atoms with van der Waals surface area (Å²) in [6, 6.07) is 12.8. The quantitative estimate of drug-likeness (QED) is 0.483. The van der Waals surface area contributed by atoms with Gasteiger partial charge in [0.05, 0.1) is 22.7 Å². The lowest BCUT2D eigenvalue weighted by molar-refractivity contribution is -0.149. The maximum Gasteiger partial charge on any atom is 0.310 e. The average Bonchev–Trinajstić information content (AvgIpc) is 3.36. The number of rotatable bonds is 5. The van der Waals surface area contributed by atoms with Crippen molar-refractivity contribution in [3.63, 3.8) is 0 Å². The molecule has 1 atom stereocenters. The molecule has 0 aliphatic carbocycles. The van der Waals surface area contributed by atoms with Crippen LogP contribution in [0.5, 0.6) is 0 Å². The van der Waals surface area contributed by atoms with Gasteiger partial charge in [-0.2, -0.15) is 0 Å². The van der Waals surface area contributed by atoms with Gasteiger partial charge in [-0.3, -0.25) is 9.59 Å². The summed E-state index contributed by atoms with van der Waals surface area (Å²) in [5, 5.41) is 2.07. The minimum atomic E-state index is -0.234. The summed E-state index contributed by atoms with van der Waals surface area (Å²) in [7, 11) is 0. The van der Waals surface area contributed by atoms with Gasteiger partial charge in [-0.05, 0) is 53.8 Å². The Hall–Kier alpha value is -2.60. The molecule has 0 saturated carbocycles. The molecule has 1 aliphatic heterocycles. The second-order valence-electron chi connectivity index (χ2n) is 9.58. The molecular weight excluding hydrogens is 420 g/mol. The maximum atomic E-state index is 13.5. The molecular formula is C26H32N2O3S. The fraction of sp³-hybridized carbons (Fsp3) is 0.462. The van der Waals surface area contributed by atoms with Crippen molar-refractivity contribution in [3.05, 3.63) is 58.6 Å². The molecule has 3 heterocycles. The molecule has 0 spiro atoms. The summed E-state index contributed by atoms with van der Waals surface area (Å²) in [5.74, 6) is -0.434. The number of hydrogen-bond acceptors (Lipinski definition) is 4. The highest BCUT2D eigenvalue weighted by Crippen LogP contribution is 2.29. The molecule has 6 heteroatoms. The van der Waals surface area contributed by atoms with Gasteiger partial charge in [-0.15, -0.1) is 11.3 Å². The Morgan fingerprint density at radius 1 is 1.16 bits per heavy atom. The van der Waals surface area contributed by atoms with Crippen molar-refractivity contribution in [3.8, 4) is 0 Å². The Morgan fingerprint density at radius 2 is 1.91 bits per heavy atom. The van der Waals surface area contributed by atoms with E-state index in [0.717, 1.165) is 23.1 Å². The van der Waals surface area contributed by atoms with Crippen molar-refractivity contribution in [2.45, 2.75) is 52.5 Å². The molecule has 1 fully saturated rings. The van der Waals surface area contributed by atoms with Crippen LogP contribution < -0.4 is 0 Å². The number of esters is 1. The maximum absolute atomic E-state index is 13.5. The summed E-state index contributed by atoms with van der Waals surface area (Å²) in [5.41, 5.74) is 4.34. The molecule has 32 heavy (non-hydrogen) atoms. The lowest BCUT2D eigenvalue weighted by Crippen LogP contribution is -2.43. The van der Waals surface area contributed by atoms with Gasteiger partial charge in [-0.1, -0.05) is 45.0 Å². The van der Waals surface area contributed by atoms with Crippen LogP contribution in [0.4, 0.5) is 0 Å². The van der Waals surface area contributed by atoms with Crippen LogP contribution in [-0.4, -0.2) is 41.0 Å². The number of fused-ring (bicyclic) bond motifs is 1. The van der Waals surface area contributed by atoms with Crippen molar-refractivity contribution in [2.24, 2.45) is 5.92 Å². The standard InChI is InChI=1S/C26H32N2O3S/c1-5-31-25(30)19-7-6-13-27(17-19)24(29)22-15-23-21(12-14-32-23)28(22)16-18-8-10-20(11-9-18)26(2,3)4/h8-12,14-15,19H,5-7,13,16-17H2,1-4H3/t19-/m1/s1. The first-order valence-corrected chi connectivity index (χ1v) is 12.3. The topological polar surface area (TPSA) is 51.5 Å². The zero-order valence-electron chi connectivity index (χ0n) is 19.4. The molecule has 0 N–H and O–H groups in total. The first-order chi connectivity index (χ1) is 15.3. The molecule has 3 aromatic rings. The van der Waals surface area contributed by atoms with Gasteiger partial charge in [0.2, 0.25) is 0 Å². The van der Waals surface area contributed by atoms with E-state index in [9.17, 15) is 9.59 Å². The highest BCUT2D eigenvalue weighted by atomic mass is 32.1. The second-order valence-corrected chi connectivity index (χ2v) is 10.5. The summed E-state index contributed by atoms with van der Waals surface area (Å²) in [6.45, 7) is 10.6. The van der Waals surface area contributed by atoms with E-state index in [1.165, 1.54) is 11.1 Å². The van der Waals surface area contributed by atoms with Crippen LogP contribution in [-0.2, 0) is 21.5 Å². The van der Waals surface area contributed by atoms with Crippen molar-refractivity contribution in [1.82, 2.24) is 9.47 Å². The van der Waals surface area contributed by atoms with Gasteiger partial charge < -0.3 is 14.2 Å². The highest BCUT2D eigenvalue weighted by Gasteiger charge is 2.31. The number of piperidine rings is 1. The smallest absolute Gasteiger partial charge is 0.310 e. The Labute approximate surface area is 194 Å². The highest BCUT2D eigenvalue weighted by molar-refractivity contribution is 7.17. The number of nitrogens with zero attached hydrogens (tertiary/aromatic N) is 2. The van der Waals surface area contributed by atoms with Gasteiger partial charge in [-0.25, -0.2) is 0 Å². The third-order valence-corrected chi connectivity index (χ3v) is 7.08. The number of carbonyl (C=O) groups is 2. The molecule has 1 saturated heterocycles.